The van der Waals surface area contributed by atoms with Crippen LogP contribution in [0.4, 0.5) is 31.9 Å². The van der Waals surface area contributed by atoms with E-state index in [0.29, 0.717) is 28.9 Å². The number of pyridine rings is 1. The minimum Gasteiger partial charge on any atom is -0.454 e. The Balaban J connectivity index is 1.08. The number of hydrogen-bond acceptors (Lipinski definition) is 6. The van der Waals surface area contributed by atoms with Gasteiger partial charge < -0.3 is 25.2 Å². The third-order valence-electron chi connectivity index (χ3n) is 8.04. The van der Waals surface area contributed by atoms with Gasteiger partial charge in [0.1, 0.15) is 5.75 Å². The van der Waals surface area contributed by atoms with Gasteiger partial charge in [0.05, 0.1) is 11.9 Å². The Morgan fingerprint density at radius 1 is 1.02 bits per heavy atom. The standard InChI is InChI=1S/C35H36FN7O2/c1-23-15-27(17-29(16-23)43-14-12-28(22-43)42(4)33-8-6-5-7-24(33)2)40-35(44)39-26-9-10-34(31(36)18-26)45-30-11-13-37-32(19-30)25-20-38-41(3)21-25/h5-11,13,15-21,28H,12,14,22H2,1-4H3,(H2,39,40,44). The van der Waals surface area contributed by atoms with E-state index in [2.05, 4.69) is 74.8 Å². The Labute approximate surface area is 262 Å². The summed E-state index contributed by atoms with van der Waals surface area (Å²) in [7, 11) is 3.98. The van der Waals surface area contributed by atoms with Crippen molar-refractivity contribution in [2.24, 2.45) is 7.05 Å². The largest absolute Gasteiger partial charge is 0.454 e. The number of rotatable bonds is 8. The molecule has 1 aliphatic heterocycles. The van der Waals surface area contributed by atoms with Crippen LogP contribution in [0.3, 0.4) is 0 Å². The number of anilines is 4. The average molecular weight is 606 g/mol. The van der Waals surface area contributed by atoms with Crippen LogP contribution in [-0.4, -0.2) is 47.0 Å². The number of aromatic nitrogens is 3. The fourth-order valence-electron chi connectivity index (χ4n) is 5.73. The van der Waals surface area contributed by atoms with Gasteiger partial charge in [-0.25, -0.2) is 9.18 Å². The second-order valence-electron chi connectivity index (χ2n) is 11.4. The summed E-state index contributed by atoms with van der Waals surface area (Å²) in [5, 5.41) is 9.79. The van der Waals surface area contributed by atoms with Crippen molar-refractivity contribution in [2.45, 2.75) is 26.3 Å². The number of hydrogen-bond donors (Lipinski definition) is 2. The second kappa shape index (κ2) is 12.7. The lowest BCUT2D eigenvalue weighted by Crippen LogP contribution is -2.35. The monoisotopic (exact) mass is 605 g/mol. The molecule has 0 bridgehead atoms. The molecular weight excluding hydrogens is 569 g/mol. The van der Waals surface area contributed by atoms with Crippen LogP contribution in [-0.2, 0) is 7.05 Å². The first-order valence-electron chi connectivity index (χ1n) is 14.9. The lowest BCUT2D eigenvalue weighted by Gasteiger charge is -2.29. The third-order valence-corrected chi connectivity index (χ3v) is 8.04. The number of halogens is 1. The Kier molecular flexibility index (Phi) is 8.37. The van der Waals surface area contributed by atoms with Crippen LogP contribution in [0.5, 0.6) is 11.5 Å². The van der Waals surface area contributed by atoms with Crippen LogP contribution < -0.4 is 25.2 Å². The first-order valence-corrected chi connectivity index (χ1v) is 14.9. The minimum absolute atomic E-state index is 0.0320. The van der Waals surface area contributed by atoms with Crippen LogP contribution in [0.1, 0.15) is 17.5 Å². The first-order chi connectivity index (χ1) is 21.7. The fraction of sp³-hybridized carbons (Fsp3) is 0.229. The number of carbonyl (C=O) groups excluding carboxylic acids is 1. The molecule has 6 rings (SSSR count). The molecular formula is C35H36FN7O2. The van der Waals surface area contributed by atoms with Gasteiger partial charge in [0.15, 0.2) is 11.6 Å². The van der Waals surface area contributed by atoms with Crippen LogP contribution in [0.25, 0.3) is 11.3 Å². The Morgan fingerprint density at radius 3 is 2.62 bits per heavy atom. The van der Waals surface area contributed by atoms with Crippen molar-refractivity contribution in [2.75, 3.05) is 40.6 Å². The molecule has 2 N–H and O–H groups in total. The summed E-state index contributed by atoms with van der Waals surface area (Å²) in [6, 6.07) is 22.1. The topological polar surface area (TPSA) is 87.5 Å². The summed E-state index contributed by atoms with van der Waals surface area (Å²) in [5.74, 6) is -0.142. The molecule has 9 nitrogen and oxygen atoms in total. The minimum atomic E-state index is -0.607. The molecule has 1 unspecified atom stereocenters. The van der Waals surface area contributed by atoms with E-state index in [1.54, 1.807) is 35.3 Å². The molecule has 1 saturated heterocycles. The zero-order valence-corrected chi connectivity index (χ0v) is 25.8. The van der Waals surface area contributed by atoms with Crippen molar-refractivity contribution in [1.82, 2.24) is 14.8 Å². The van der Waals surface area contributed by atoms with Crippen LogP contribution in [0, 0.1) is 19.7 Å². The highest BCUT2D eigenvalue weighted by molar-refractivity contribution is 6.00. The van der Waals surface area contributed by atoms with Gasteiger partial charge in [-0.2, -0.15) is 5.10 Å². The maximum Gasteiger partial charge on any atom is 0.323 e. The maximum atomic E-state index is 15.0. The summed E-state index contributed by atoms with van der Waals surface area (Å²) in [4.78, 5) is 22.0. The van der Waals surface area contributed by atoms with E-state index >= 15 is 4.39 Å². The predicted molar refractivity (Wildman–Crippen MR) is 177 cm³/mol. The number of nitrogens with one attached hydrogen (secondary N) is 2. The number of carbonyl (C=O) groups is 1. The molecule has 230 valence electrons. The molecule has 1 aliphatic rings. The summed E-state index contributed by atoms with van der Waals surface area (Å²) in [5.41, 5.74) is 7.06. The van der Waals surface area contributed by atoms with E-state index in [1.807, 2.05) is 32.3 Å². The lowest BCUT2D eigenvalue weighted by molar-refractivity contribution is 0.262. The van der Waals surface area contributed by atoms with E-state index in [-0.39, 0.29) is 5.75 Å². The van der Waals surface area contributed by atoms with Gasteiger partial charge in [-0.3, -0.25) is 9.67 Å². The molecule has 2 aromatic heterocycles. The van der Waals surface area contributed by atoms with Crippen molar-refractivity contribution in [3.63, 3.8) is 0 Å². The lowest BCUT2D eigenvalue weighted by atomic mass is 10.1. The first kappa shape index (κ1) is 29.7. The predicted octanol–water partition coefficient (Wildman–Crippen LogP) is 7.39. The molecule has 3 aromatic carbocycles. The van der Waals surface area contributed by atoms with Crippen LogP contribution >= 0.6 is 0 Å². The second-order valence-corrected chi connectivity index (χ2v) is 11.4. The average Bonchev–Trinajstić information content (AvgIpc) is 3.68. The van der Waals surface area contributed by atoms with Crippen LogP contribution in [0.2, 0.25) is 0 Å². The number of aryl methyl sites for hydroxylation is 3. The van der Waals surface area contributed by atoms with Gasteiger partial charge >= 0.3 is 6.03 Å². The number of para-hydroxylation sites is 1. The quantitative estimate of drug-likeness (QED) is 0.192. The highest BCUT2D eigenvalue weighted by Crippen LogP contribution is 2.31. The molecule has 45 heavy (non-hydrogen) atoms. The molecule has 0 saturated carbocycles. The van der Waals surface area contributed by atoms with Crippen molar-refractivity contribution in [3.05, 3.63) is 108 Å². The summed E-state index contributed by atoms with van der Waals surface area (Å²) < 4.78 is 22.5. The van der Waals surface area contributed by atoms with E-state index < -0.39 is 11.8 Å². The Hall–Kier alpha value is -5.38. The van der Waals surface area contributed by atoms with Gasteiger partial charge in [-0.15, -0.1) is 0 Å². The molecule has 1 fully saturated rings. The maximum absolute atomic E-state index is 15.0. The summed E-state index contributed by atoms with van der Waals surface area (Å²) in [6.45, 7) is 5.96. The van der Waals surface area contributed by atoms with Gasteiger partial charge in [-0.05, 0) is 73.9 Å². The normalized spacial score (nSPS) is 14.3. The number of likely N-dealkylation sites (N-methyl/N-ethyl adjacent to an activating group) is 1. The zero-order chi connectivity index (χ0) is 31.5. The smallest absolute Gasteiger partial charge is 0.323 e. The van der Waals surface area contributed by atoms with E-state index in [1.165, 1.54) is 23.4 Å². The molecule has 0 spiro atoms. The van der Waals surface area contributed by atoms with Crippen molar-refractivity contribution in [1.29, 1.82) is 0 Å². The molecule has 10 heteroatoms. The third kappa shape index (κ3) is 6.90. The fourth-order valence-corrected chi connectivity index (χ4v) is 5.73. The van der Waals surface area contributed by atoms with Gasteiger partial charge in [0.25, 0.3) is 0 Å². The van der Waals surface area contributed by atoms with Crippen molar-refractivity contribution in [3.8, 4) is 22.8 Å². The number of nitrogens with zero attached hydrogens (tertiary/aromatic N) is 5. The van der Waals surface area contributed by atoms with Crippen molar-refractivity contribution < 1.29 is 13.9 Å². The summed E-state index contributed by atoms with van der Waals surface area (Å²) >= 11 is 0. The Morgan fingerprint density at radius 2 is 1.84 bits per heavy atom. The molecule has 3 heterocycles. The van der Waals surface area contributed by atoms with Crippen molar-refractivity contribution >= 4 is 28.8 Å². The van der Waals surface area contributed by atoms with Crippen LogP contribution in [0.15, 0.2) is 91.4 Å². The molecule has 5 aromatic rings. The summed E-state index contributed by atoms with van der Waals surface area (Å²) in [6.07, 6.45) is 6.17. The molecule has 1 atom stereocenters. The molecule has 2 amide bonds. The number of urea groups is 1. The number of benzene rings is 3. The zero-order valence-electron chi connectivity index (χ0n) is 25.8. The van der Waals surface area contributed by atoms with E-state index in [0.717, 1.165) is 36.3 Å². The molecule has 0 radical (unpaired) electrons. The number of amides is 2. The van der Waals surface area contributed by atoms with Gasteiger partial charge in [-0.1, -0.05) is 18.2 Å². The van der Waals surface area contributed by atoms with Gasteiger partial charge in [0, 0.05) is 86.1 Å². The highest BCUT2D eigenvalue weighted by atomic mass is 19.1. The van der Waals surface area contributed by atoms with E-state index in [9.17, 15) is 4.79 Å². The molecule has 0 aliphatic carbocycles. The Bertz CT molecular complexity index is 1840. The van der Waals surface area contributed by atoms with E-state index in [4.69, 9.17) is 4.74 Å². The SMILES string of the molecule is Cc1cc(NC(=O)Nc2ccc(Oc3ccnc(-c4cnn(C)c4)c3)c(F)c2)cc(N2CCC(N(C)c3ccccc3C)C2)c1. The van der Waals surface area contributed by atoms with Gasteiger partial charge in [0.2, 0.25) is 0 Å². The highest BCUT2D eigenvalue weighted by Gasteiger charge is 2.27. The number of ether oxygens (including phenoxy) is 1.